The van der Waals surface area contributed by atoms with Crippen LogP contribution in [0.3, 0.4) is 0 Å². The van der Waals surface area contributed by atoms with Crippen molar-refractivity contribution in [2.24, 2.45) is 0 Å². The van der Waals surface area contributed by atoms with E-state index >= 15 is 0 Å². The number of benzene rings is 13. The average Bonchev–Trinajstić information content (AvgIpc) is 0.696. The topological polar surface area (TPSA) is 13.0 Å². The van der Waals surface area contributed by atoms with Gasteiger partial charge in [0.15, 0.2) is 0 Å². The van der Waals surface area contributed by atoms with Crippen LogP contribution in [0.5, 0.6) is 0 Å². The minimum Gasteiger partial charge on any atom is -0.310 e. The van der Waals surface area contributed by atoms with E-state index in [1.807, 2.05) is 0 Å². The first-order valence-corrected chi connectivity index (χ1v) is 45.9. The Labute approximate surface area is 538 Å². The largest absolute Gasteiger partial charge is 0.310 e. The third kappa shape index (κ3) is 11.1. The molecule has 0 aromatic heterocycles. The summed E-state index contributed by atoms with van der Waals surface area (Å²) in [5.74, 6) is 0. The standard InChI is InChI=1S/C82H82N4Si4/c1-87(2,3)79-73-57-71-72(58-74(73)80(88(4,5)6)82(90(10,11)12)81(79)89(7,8)9)78(86(65-49-33-19-34-50-65)66-51-35-20-36-52-66)70-56-68-67(55-69(70)77(71)85(63-45-29-17-30-46-63)64-47-31-18-32-48-64)75(83(59-37-21-13-22-38-59)60-39-23-14-24-40-60)53-54-76(68)84(61-41-25-15-26-42-61)62-43-27-16-28-44-62/h13-58H,1-12H3. The highest BCUT2D eigenvalue weighted by atomic mass is 28.3. The molecule has 0 aliphatic heterocycles. The second kappa shape index (κ2) is 23.7. The van der Waals surface area contributed by atoms with Crippen molar-refractivity contribution in [2.75, 3.05) is 19.6 Å². The molecule has 13 rings (SSSR count). The minimum atomic E-state index is -2.15. The molecule has 0 amide bonds. The number of rotatable bonds is 16. The van der Waals surface area contributed by atoms with Gasteiger partial charge >= 0.3 is 0 Å². The van der Waals surface area contributed by atoms with Crippen molar-refractivity contribution in [2.45, 2.75) is 78.6 Å². The van der Waals surface area contributed by atoms with Crippen molar-refractivity contribution in [1.82, 2.24) is 0 Å². The van der Waals surface area contributed by atoms with Crippen molar-refractivity contribution in [3.63, 3.8) is 0 Å². The van der Waals surface area contributed by atoms with Crippen molar-refractivity contribution in [3.05, 3.63) is 279 Å². The zero-order chi connectivity index (χ0) is 62.7. The molecule has 0 saturated heterocycles. The molecular formula is C82H82N4Si4. The predicted octanol–water partition coefficient (Wildman–Crippen LogP) is 22.4. The highest BCUT2D eigenvalue weighted by Crippen LogP contribution is 2.55. The van der Waals surface area contributed by atoms with E-state index in [9.17, 15) is 0 Å². The molecule has 0 aliphatic carbocycles. The van der Waals surface area contributed by atoms with Crippen LogP contribution in [0.1, 0.15) is 0 Å². The maximum atomic E-state index is 2.74. The van der Waals surface area contributed by atoms with Crippen LogP contribution in [0.4, 0.5) is 68.2 Å². The summed E-state index contributed by atoms with van der Waals surface area (Å²) in [6.07, 6.45) is 0. The van der Waals surface area contributed by atoms with E-state index in [0.717, 1.165) is 89.8 Å². The molecule has 13 aromatic carbocycles. The van der Waals surface area contributed by atoms with Gasteiger partial charge in [-0.3, -0.25) is 0 Å². The van der Waals surface area contributed by atoms with Gasteiger partial charge in [-0.05, 0) is 144 Å². The highest BCUT2D eigenvalue weighted by Gasteiger charge is 2.41. The van der Waals surface area contributed by atoms with Gasteiger partial charge < -0.3 is 19.6 Å². The van der Waals surface area contributed by atoms with Crippen LogP contribution in [0.25, 0.3) is 43.1 Å². The van der Waals surface area contributed by atoms with E-state index in [0.29, 0.717) is 0 Å². The fraction of sp³-hybridized carbons (Fsp3) is 0.146. The van der Waals surface area contributed by atoms with Crippen molar-refractivity contribution >= 4 is 164 Å². The Balaban J connectivity index is 1.37. The summed E-state index contributed by atoms with van der Waals surface area (Å²) in [4.78, 5) is 10.1. The maximum Gasteiger partial charge on any atom is 0.0782 e. The molecule has 0 aliphatic rings. The second-order valence-corrected chi connectivity index (χ2v) is 48.2. The summed E-state index contributed by atoms with van der Waals surface area (Å²) < 4.78 is 0. The summed E-state index contributed by atoms with van der Waals surface area (Å²) >= 11 is 0. The molecule has 13 aromatic rings. The van der Waals surface area contributed by atoms with Gasteiger partial charge in [0.1, 0.15) is 0 Å². The second-order valence-electron chi connectivity index (χ2n) is 28.2. The molecule has 0 spiro atoms. The molecular weight excluding hydrogens is 1150 g/mol. The van der Waals surface area contributed by atoms with Crippen LogP contribution in [0, 0.1) is 0 Å². The molecule has 446 valence electrons. The lowest BCUT2D eigenvalue weighted by atomic mass is 9.90. The lowest BCUT2D eigenvalue weighted by Crippen LogP contribution is -2.73. The summed E-state index contributed by atoms with van der Waals surface area (Å²) in [7, 11) is -8.39. The molecule has 0 saturated carbocycles. The van der Waals surface area contributed by atoms with Gasteiger partial charge in [-0.25, -0.2) is 0 Å². The van der Waals surface area contributed by atoms with Gasteiger partial charge in [0.25, 0.3) is 0 Å². The summed E-state index contributed by atoms with van der Waals surface area (Å²) in [6.45, 7) is 31.6. The third-order valence-corrected chi connectivity index (χ3v) is 26.4. The highest BCUT2D eigenvalue weighted by molar-refractivity contribution is 7.08. The maximum absolute atomic E-state index is 2.74. The Morgan fingerprint density at radius 2 is 0.356 bits per heavy atom. The molecule has 0 fully saturated rings. The number of hydrogen-bond acceptors (Lipinski definition) is 4. The molecule has 8 heteroatoms. The number of para-hydroxylation sites is 8. The van der Waals surface area contributed by atoms with Crippen LogP contribution in [0.2, 0.25) is 78.6 Å². The first-order chi connectivity index (χ1) is 43.3. The molecule has 0 atom stereocenters. The zero-order valence-electron chi connectivity index (χ0n) is 54.3. The van der Waals surface area contributed by atoms with Crippen LogP contribution in [0.15, 0.2) is 279 Å². The smallest absolute Gasteiger partial charge is 0.0782 e. The van der Waals surface area contributed by atoms with Gasteiger partial charge in [-0.2, -0.15) is 0 Å². The van der Waals surface area contributed by atoms with E-state index in [1.54, 1.807) is 20.7 Å². The third-order valence-electron chi connectivity index (χ3n) is 17.6. The Hall–Kier alpha value is -9.03. The van der Waals surface area contributed by atoms with Gasteiger partial charge in [0.2, 0.25) is 0 Å². The van der Waals surface area contributed by atoms with Gasteiger partial charge in [0, 0.05) is 77.8 Å². The van der Waals surface area contributed by atoms with E-state index in [2.05, 4.69) is 377 Å². The molecule has 0 heterocycles. The van der Waals surface area contributed by atoms with Crippen LogP contribution in [-0.2, 0) is 0 Å². The average molecular weight is 1240 g/mol. The van der Waals surface area contributed by atoms with E-state index in [-0.39, 0.29) is 0 Å². The molecule has 4 nitrogen and oxygen atoms in total. The Morgan fingerprint density at radius 1 is 0.178 bits per heavy atom. The van der Waals surface area contributed by atoms with E-state index < -0.39 is 32.3 Å². The minimum absolute atomic E-state index is 1.08. The Bertz CT molecular complexity index is 4260. The normalized spacial score (nSPS) is 12.2. The molecule has 0 N–H and O–H groups in total. The summed E-state index contributed by atoms with van der Waals surface area (Å²) in [6, 6.07) is 104. The zero-order valence-corrected chi connectivity index (χ0v) is 58.3. The van der Waals surface area contributed by atoms with E-state index in [4.69, 9.17) is 0 Å². The molecule has 0 unspecified atom stereocenters. The fourth-order valence-electron chi connectivity index (χ4n) is 14.2. The first-order valence-electron chi connectivity index (χ1n) is 31.9. The monoisotopic (exact) mass is 1230 g/mol. The fourth-order valence-corrected chi connectivity index (χ4v) is 28.5. The Morgan fingerprint density at radius 3 is 0.544 bits per heavy atom. The van der Waals surface area contributed by atoms with Gasteiger partial charge in [-0.15, -0.1) is 0 Å². The van der Waals surface area contributed by atoms with Crippen molar-refractivity contribution < 1.29 is 0 Å². The lowest BCUT2D eigenvalue weighted by Gasteiger charge is -2.41. The number of nitrogens with zero attached hydrogens (tertiary/aromatic N) is 4. The predicted molar refractivity (Wildman–Crippen MR) is 407 cm³/mol. The molecule has 0 radical (unpaired) electrons. The van der Waals surface area contributed by atoms with E-state index in [1.165, 1.54) is 21.5 Å². The lowest BCUT2D eigenvalue weighted by molar-refractivity contribution is 1.27. The number of anilines is 12. The number of hydrogen-bond donors (Lipinski definition) is 0. The molecule has 90 heavy (non-hydrogen) atoms. The Kier molecular flexibility index (Phi) is 15.8. The SMILES string of the molecule is C[Si](C)(C)c1c([Si](C)(C)C)c([Si](C)(C)C)c2cc3c(N(c4ccccc4)c4ccccc4)c4cc5c(N(c6ccccc6)c6ccccc6)ccc(N(c6ccccc6)c6ccccc6)c5cc4c(N(c4ccccc4)c4ccccc4)c3cc2c1[Si](C)(C)C. The van der Waals surface area contributed by atoms with Crippen molar-refractivity contribution in [3.8, 4) is 0 Å². The van der Waals surface area contributed by atoms with Crippen LogP contribution < -0.4 is 40.3 Å². The summed E-state index contributed by atoms with van der Waals surface area (Å²) in [5.41, 5.74) is 13.1. The van der Waals surface area contributed by atoms with Crippen LogP contribution >= 0.6 is 0 Å². The van der Waals surface area contributed by atoms with Crippen molar-refractivity contribution in [1.29, 1.82) is 0 Å². The summed E-state index contributed by atoms with van der Waals surface area (Å²) in [5, 5.41) is 16.7. The first kappa shape index (κ1) is 59.9. The number of fused-ring (bicyclic) bond motifs is 4. The van der Waals surface area contributed by atoms with Crippen LogP contribution in [-0.4, -0.2) is 32.3 Å². The van der Waals surface area contributed by atoms with Gasteiger partial charge in [-0.1, -0.05) is 245 Å². The quantitative estimate of drug-likeness (QED) is 0.0543. The van der Waals surface area contributed by atoms with Gasteiger partial charge in [0.05, 0.1) is 55.0 Å². The molecule has 0 bridgehead atoms.